The van der Waals surface area contributed by atoms with Gasteiger partial charge in [0.2, 0.25) is 0 Å². The fourth-order valence-electron chi connectivity index (χ4n) is 6.01. The quantitative estimate of drug-likeness (QED) is 0.0681. The molecule has 4 aromatic rings. The molecule has 0 atom stereocenters. The van der Waals surface area contributed by atoms with Gasteiger partial charge < -0.3 is 55.6 Å². The number of halogens is 1. The molecule has 1 aliphatic heterocycles. The van der Waals surface area contributed by atoms with Gasteiger partial charge in [-0.25, -0.2) is 14.0 Å². The van der Waals surface area contributed by atoms with E-state index in [0.29, 0.717) is 0 Å². The molecule has 21 heteroatoms. The summed E-state index contributed by atoms with van der Waals surface area (Å²) in [5, 5.41) is 76.7. The number of carboxylic acids is 6. The molecule has 2 aromatic heterocycles. The van der Waals surface area contributed by atoms with Gasteiger partial charge in [-0.05, 0) is 67.3 Å². The van der Waals surface area contributed by atoms with E-state index in [1.807, 2.05) is 10.6 Å². The third kappa shape index (κ3) is 14.7. The molecule has 0 radical (unpaired) electrons. The smallest absolute Gasteiger partial charge is 0.336 e. The van der Waals surface area contributed by atoms with E-state index < -0.39 is 72.7 Å². The second-order valence-corrected chi connectivity index (χ2v) is 13.5. The van der Waals surface area contributed by atoms with Crippen LogP contribution < -0.4 is 0 Å². The van der Waals surface area contributed by atoms with E-state index in [4.69, 9.17) is 40.9 Å². The molecular weight excluding hydrogens is 771 g/mol. The molecule has 0 unspecified atom stereocenters. The predicted molar refractivity (Wildman–Crippen MR) is 199 cm³/mol. The summed E-state index contributed by atoms with van der Waals surface area (Å²) in [7, 11) is 0. The van der Waals surface area contributed by atoms with Gasteiger partial charge in [0.05, 0.1) is 25.7 Å². The van der Waals surface area contributed by atoms with Crippen molar-refractivity contribution in [1.82, 2.24) is 29.5 Å². The number of hydrogen-bond acceptors (Lipinski definition) is 12. The van der Waals surface area contributed by atoms with Crippen LogP contribution in [-0.4, -0.2) is 157 Å². The molecule has 58 heavy (non-hydrogen) atoms. The number of H-pyrrole nitrogens is 1. The number of aliphatic hydroxyl groups is 2. The molecule has 314 valence electrons. The van der Waals surface area contributed by atoms with Gasteiger partial charge in [0, 0.05) is 55.5 Å². The maximum atomic E-state index is 13.3. The zero-order valence-corrected chi connectivity index (χ0v) is 31.1. The molecule has 1 aliphatic rings. The highest BCUT2D eigenvalue weighted by Crippen LogP contribution is 2.23. The molecule has 0 aliphatic carbocycles. The molecule has 3 heterocycles. The summed E-state index contributed by atoms with van der Waals surface area (Å²) in [4.78, 5) is 69.4. The first-order valence-corrected chi connectivity index (χ1v) is 17.7. The van der Waals surface area contributed by atoms with Crippen LogP contribution in [0.15, 0.2) is 61.3 Å². The highest BCUT2D eigenvalue weighted by Gasteiger charge is 2.41. The van der Waals surface area contributed by atoms with Gasteiger partial charge in [-0.3, -0.25) is 23.7 Å². The van der Waals surface area contributed by atoms with E-state index in [2.05, 4.69) is 49.4 Å². The molecule has 1 saturated heterocycles. The summed E-state index contributed by atoms with van der Waals surface area (Å²) >= 11 is 0. The third-order valence-corrected chi connectivity index (χ3v) is 9.03. The highest BCUT2D eigenvalue weighted by molar-refractivity contribution is 5.89. The van der Waals surface area contributed by atoms with Gasteiger partial charge >= 0.3 is 35.8 Å². The lowest BCUT2D eigenvalue weighted by atomic mass is 9.96. The molecule has 0 saturated carbocycles. The summed E-state index contributed by atoms with van der Waals surface area (Å²) < 4.78 is 15.3. The van der Waals surface area contributed by atoms with Gasteiger partial charge in [-0.15, -0.1) is 10.2 Å². The van der Waals surface area contributed by atoms with Crippen LogP contribution in [0.1, 0.15) is 43.2 Å². The van der Waals surface area contributed by atoms with Gasteiger partial charge in [0.25, 0.3) is 0 Å². The number of nitrogens with one attached hydrogen (secondary N) is 1. The molecule has 5 rings (SSSR count). The van der Waals surface area contributed by atoms with Crippen LogP contribution in [0.25, 0.3) is 16.6 Å². The summed E-state index contributed by atoms with van der Waals surface area (Å²) in [6.07, 6.45) is 4.14. The van der Waals surface area contributed by atoms with Crippen molar-refractivity contribution in [3.8, 4) is 5.69 Å². The minimum absolute atomic E-state index is 0.141. The van der Waals surface area contributed by atoms with E-state index >= 15 is 0 Å². The lowest BCUT2D eigenvalue weighted by molar-refractivity contribution is -0.170. The average Bonchev–Trinajstić information content (AvgIpc) is 3.81. The number of rotatable bonds is 18. The molecule has 1 fully saturated rings. The summed E-state index contributed by atoms with van der Waals surface area (Å²) in [5.74, 6) is -10.2. The average molecular weight is 817 g/mol. The fourth-order valence-corrected chi connectivity index (χ4v) is 6.01. The van der Waals surface area contributed by atoms with Crippen LogP contribution in [0.5, 0.6) is 0 Å². The molecule has 2 aromatic carbocycles. The number of aromatic amines is 1. The van der Waals surface area contributed by atoms with Crippen LogP contribution in [0, 0.1) is 5.82 Å². The summed E-state index contributed by atoms with van der Waals surface area (Å²) in [6, 6.07) is 13.4. The number of carboxylic acid groups (broad SMARTS) is 6. The van der Waals surface area contributed by atoms with Gasteiger partial charge in [-0.1, -0.05) is 12.1 Å². The van der Waals surface area contributed by atoms with E-state index in [-0.39, 0.29) is 5.82 Å². The number of fused-ring (bicyclic) bond motifs is 1. The Morgan fingerprint density at radius 3 is 1.64 bits per heavy atom. The number of nitrogens with zero attached hydrogens (tertiary/aromatic N) is 5. The van der Waals surface area contributed by atoms with Gasteiger partial charge in [0.15, 0.2) is 11.2 Å². The van der Waals surface area contributed by atoms with Crippen LogP contribution in [0.2, 0.25) is 0 Å². The Balaban J connectivity index is 0.000000288. The van der Waals surface area contributed by atoms with Crippen molar-refractivity contribution in [1.29, 1.82) is 0 Å². The van der Waals surface area contributed by atoms with Crippen molar-refractivity contribution in [3.05, 3.63) is 78.3 Å². The second kappa shape index (κ2) is 21.3. The predicted octanol–water partition coefficient (Wildman–Crippen LogP) is 1.18. The van der Waals surface area contributed by atoms with Crippen LogP contribution in [0.4, 0.5) is 4.39 Å². The normalized spacial score (nSPS) is 13.4. The molecular formula is C37H45FN6O14. The maximum Gasteiger partial charge on any atom is 0.336 e. The Morgan fingerprint density at radius 1 is 0.672 bits per heavy atom. The van der Waals surface area contributed by atoms with Gasteiger partial charge in [-0.2, -0.15) is 0 Å². The van der Waals surface area contributed by atoms with Crippen molar-refractivity contribution < 1.29 is 74.0 Å². The van der Waals surface area contributed by atoms with E-state index in [1.54, 1.807) is 24.8 Å². The molecule has 9 N–H and O–H groups in total. The van der Waals surface area contributed by atoms with E-state index in [9.17, 15) is 33.2 Å². The number of aryl methyl sites for hydroxylation is 1. The van der Waals surface area contributed by atoms with Crippen LogP contribution >= 0.6 is 0 Å². The molecule has 0 bridgehead atoms. The largest absolute Gasteiger partial charge is 0.481 e. The van der Waals surface area contributed by atoms with E-state index in [0.717, 1.165) is 69.8 Å². The summed E-state index contributed by atoms with van der Waals surface area (Å²) in [6.45, 7) is 6.51. The standard InChI is InChI=1S/C25H29FN6.2C6H8O7/c26-22-5-1-3-20(15-22)8-10-31-13-11-30(12-14-31)9-2-4-21-17-27-25-7-6-23(16-24(21)25)32-18-28-29-19-32;2*7-3(8)1-6(13,5(11)12)2-4(9)10/h1,3,5-7,15-19,27H,2,4,8-14H2;2*13H,1-2H2,(H,7,8)(H,9,10)(H,11,12). The first-order valence-electron chi connectivity index (χ1n) is 17.7. The number of aromatic nitrogens is 4. The van der Waals surface area contributed by atoms with Gasteiger partial charge in [0.1, 0.15) is 18.5 Å². The Hall–Kier alpha value is -6.29. The minimum atomic E-state index is -2.74. The zero-order chi connectivity index (χ0) is 43.0. The topological polar surface area (TPSA) is 317 Å². The molecule has 20 nitrogen and oxygen atoms in total. The number of carbonyl (C=O) groups is 6. The zero-order valence-electron chi connectivity index (χ0n) is 31.1. The number of aliphatic carboxylic acids is 6. The lowest BCUT2D eigenvalue weighted by Gasteiger charge is -2.34. The minimum Gasteiger partial charge on any atom is -0.481 e. The Bertz CT molecular complexity index is 1950. The SMILES string of the molecule is Fc1cccc(CCN2CCN(CCCc3c[nH]c4ccc(-n5cnnc5)cc34)CC2)c1.O=C(O)CC(O)(CC(=O)O)C(=O)O.O=C(O)CC(O)(CC(=O)O)C(=O)O. The second-order valence-electron chi connectivity index (χ2n) is 13.5. The van der Waals surface area contributed by atoms with Crippen molar-refractivity contribution in [2.24, 2.45) is 0 Å². The fraction of sp³-hybridized carbons (Fsp3) is 0.405. The van der Waals surface area contributed by atoms with Crippen LogP contribution in [-0.2, 0) is 41.6 Å². The van der Waals surface area contributed by atoms with Crippen molar-refractivity contribution in [3.63, 3.8) is 0 Å². The van der Waals surface area contributed by atoms with E-state index in [1.165, 1.54) is 22.5 Å². The highest BCUT2D eigenvalue weighted by atomic mass is 19.1. The number of piperazine rings is 1. The number of benzene rings is 2. The third-order valence-electron chi connectivity index (χ3n) is 9.03. The first-order chi connectivity index (χ1) is 27.3. The van der Waals surface area contributed by atoms with Crippen molar-refractivity contribution >= 4 is 46.7 Å². The Morgan fingerprint density at radius 2 is 1.17 bits per heavy atom. The lowest BCUT2D eigenvalue weighted by Crippen LogP contribution is -2.47. The number of hydrogen-bond donors (Lipinski definition) is 9. The maximum absolute atomic E-state index is 13.3. The monoisotopic (exact) mass is 816 g/mol. The van der Waals surface area contributed by atoms with Crippen LogP contribution in [0.3, 0.4) is 0 Å². The Kier molecular flexibility index (Phi) is 16.9. The summed E-state index contributed by atoms with van der Waals surface area (Å²) in [5.41, 5.74) is -0.779. The molecule has 0 spiro atoms. The Labute approximate surface area is 329 Å². The van der Waals surface area contributed by atoms with Crippen molar-refractivity contribution in [2.45, 2.75) is 56.1 Å². The first kappa shape index (κ1) is 46.1. The van der Waals surface area contributed by atoms with Crippen molar-refractivity contribution in [2.75, 3.05) is 39.3 Å². The molecule has 0 amide bonds.